The average molecular weight is 436 g/mol. The fourth-order valence-electron chi connectivity index (χ4n) is 4.68. The molecule has 0 saturated heterocycles. The molecule has 1 atom stereocenters. The van der Waals surface area contributed by atoms with Gasteiger partial charge in [0.2, 0.25) is 0 Å². The van der Waals surface area contributed by atoms with Crippen LogP contribution in [0.4, 0.5) is 17.6 Å². The van der Waals surface area contributed by atoms with Gasteiger partial charge in [0, 0.05) is 6.42 Å². The maximum atomic E-state index is 15.3. The number of carboxylic acid groups (broad SMARTS) is 1. The van der Waals surface area contributed by atoms with Crippen molar-refractivity contribution in [2.24, 2.45) is 11.8 Å². The van der Waals surface area contributed by atoms with E-state index >= 15 is 4.39 Å². The molecule has 1 N–H and O–H groups in total. The Balaban J connectivity index is 1.86. The minimum Gasteiger partial charge on any atom is -0.478 e. The van der Waals surface area contributed by atoms with E-state index in [2.05, 4.69) is 6.92 Å². The van der Waals surface area contributed by atoms with Crippen LogP contribution in [0.5, 0.6) is 0 Å². The van der Waals surface area contributed by atoms with Gasteiger partial charge in [0.05, 0.1) is 5.56 Å². The number of hydrogen-bond donors (Lipinski definition) is 1. The fraction of sp³-hybridized carbons (Fsp3) is 0.480. The molecule has 0 aromatic heterocycles. The molecule has 6 heteroatoms. The second kappa shape index (κ2) is 10.3. The highest BCUT2D eigenvalue weighted by Crippen LogP contribution is 2.37. The number of unbranched alkanes of at least 4 members (excludes halogenated alkanes) is 1. The quantitative estimate of drug-likeness (QED) is 0.347. The lowest BCUT2D eigenvalue weighted by atomic mass is 9.76. The van der Waals surface area contributed by atoms with Crippen molar-refractivity contribution >= 4 is 5.97 Å². The van der Waals surface area contributed by atoms with Crippen molar-refractivity contribution < 1.29 is 27.5 Å². The van der Waals surface area contributed by atoms with Crippen LogP contribution in [0, 0.1) is 29.3 Å². The summed E-state index contributed by atoms with van der Waals surface area (Å²) in [6.07, 6.45) is 5.48. The Hall–Kier alpha value is -2.37. The summed E-state index contributed by atoms with van der Waals surface area (Å²) in [5, 5.41) is 9.60. The van der Waals surface area contributed by atoms with Gasteiger partial charge in [0.1, 0.15) is 6.17 Å². The van der Waals surface area contributed by atoms with Crippen molar-refractivity contribution in [3.8, 4) is 11.1 Å². The summed E-state index contributed by atoms with van der Waals surface area (Å²) in [4.78, 5) is 11.8. The van der Waals surface area contributed by atoms with Gasteiger partial charge < -0.3 is 5.11 Å². The van der Waals surface area contributed by atoms with Crippen LogP contribution < -0.4 is 0 Å². The summed E-state index contributed by atoms with van der Waals surface area (Å²) in [6, 6.07) is 5.91. The Labute approximate surface area is 180 Å². The van der Waals surface area contributed by atoms with E-state index < -0.39 is 29.6 Å². The fourth-order valence-corrected chi connectivity index (χ4v) is 4.68. The van der Waals surface area contributed by atoms with Gasteiger partial charge in [-0.3, -0.25) is 0 Å². The van der Waals surface area contributed by atoms with Crippen molar-refractivity contribution in [1.29, 1.82) is 0 Å². The zero-order chi connectivity index (χ0) is 22.5. The molecule has 0 heterocycles. The SMILES string of the molecule is CCCC[C@H]1CC[C@H](C(F)Cc2c(C(=O)O)cccc2-c2cc(F)c(F)c(F)c2)CC1. The molecule has 1 unspecified atom stereocenters. The highest BCUT2D eigenvalue weighted by molar-refractivity contribution is 5.92. The molecule has 0 aliphatic heterocycles. The minimum atomic E-state index is -1.59. The number of hydrogen-bond acceptors (Lipinski definition) is 1. The summed E-state index contributed by atoms with van der Waals surface area (Å²) in [5.41, 5.74) is 0.268. The molecule has 0 bridgehead atoms. The largest absolute Gasteiger partial charge is 0.478 e. The van der Waals surface area contributed by atoms with Gasteiger partial charge in [0.15, 0.2) is 17.5 Å². The van der Waals surface area contributed by atoms with Gasteiger partial charge in [-0.15, -0.1) is 0 Å². The van der Waals surface area contributed by atoms with Gasteiger partial charge in [0.25, 0.3) is 0 Å². The van der Waals surface area contributed by atoms with E-state index in [4.69, 9.17) is 0 Å². The van der Waals surface area contributed by atoms with Gasteiger partial charge in [-0.1, -0.05) is 51.2 Å². The van der Waals surface area contributed by atoms with Crippen molar-refractivity contribution in [2.45, 2.75) is 64.5 Å². The molecule has 0 spiro atoms. The smallest absolute Gasteiger partial charge is 0.335 e. The molecule has 2 aromatic carbocycles. The minimum absolute atomic E-state index is 0.00928. The van der Waals surface area contributed by atoms with Crippen LogP contribution in [0.25, 0.3) is 11.1 Å². The Kier molecular flexibility index (Phi) is 7.74. The van der Waals surface area contributed by atoms with E-state index in [0.717, 1.165) is 50.7 Å². The molecule has 0 radical (unpaired) electrons. The highest BCUT2D eigenvalue weighted by atomic mass is 19.2. The number of carboxylic acids is 1. The Bertz CT molecular complexity index is 897. The Morgan fingerprint density at radius 2 is 1.74 bits per heavy atom. The van der Waals surface area contributed by atoms with Crippen molar-refractivity contribution in [1.82, 2.24) is 0 Å². The lowest BCUT2D eigenvalue weighted by Crippen LogP contribution is -2.25. The first-order valence-corrected chi connectivity index (χ1v) is 11.0. The lowest BCUT2D eigenvalue weighted by molar-refractivity contribution is 0.0694. The summed E-state index contributed by atoms with van der Waals surface area (Å²) < 4.78 is 56.3. The van der Waals surface area contributed by atoms with E-state index in [1.807, 2.05) is 0 Å². The predicted molar refractivity (Wildman–Crippen MR) is 112 cm³/mol. The number of aromatic carboxylic acids is 1. The van der Waals surface area contributed by atoms with Crippen molar-refractivity contribution in [3.05, 3.63) is 58.9 Å². The van der Waals surface area contributed by atoms with Crippen LogP contribution >= 0.6 is 0 Å². The first-order chi connectivity index (χ1) is 14.8. The first-order valence-electron chi connectivity index (χ1n) is 11.0. The van der Waals surface area contributed by atoms with Crippen LogP contribution in [0.1, 0.15) is 67.8 Å². The number of benzene rings is 2. The van der Waals surface area contributed by atoms with Crippen molar-refractivity contribution in [3.63, 3.8) is 0 Å². The van der Waals surface area contributed by atoms with Crippen LogP contribution in [0.3, 0.4) is 0 Å². The van der Waals surface area contributed by atoms with Gasteiger partial charge in [-0.2, -0.15) is 0 Å². The summed E-state index contributed by atoms with van der Waals surface area (Å²) >= 11 is 0. The third-order valence-electron chi connectivity index (χ3n) is 6.47. The molecule has 3 rings (SSSR count). The second-order valence-corrected chi connectivity index (χ2v) is 8.53. The summed E-state index contributed by atoms with van der Waals surface area (Å²) in [5.74, 6) is -5.13. The van der Waals surface area contributed by atoms with E-state index in [-0.39, 0.29) is 34.6 Å². The topological polar surface area (TPSA) is 37.3 Å². The third-order valence-corrected chi connectivity index (χ3v) is 6.47. The van der Waals surface area contributed by atoms with Gasteiger partial charge in [-0.05, 0) is 59.6 Å². The monoisotopic (exact) mass is 436 g/mol. The molecule has 0 amide bonds. The number of carbonyl (C=O) groups is 1. The molecular weight excluding hydrogens is 408 g/mol. The maximum absolute atomic E-state index is 15.3. The van der Waals surface area contributed by atoms with Gasteiger partial charge in [-0.25, -0.2) is 22.4 Å². The highest BCUT2D eigenvalue weighted by Gasteiger charge is 2.29. The maximum Gasteiger partial charge on any atom is 0.335 e. The number of rotatable bonds is 8. The zero-order valence-electron chi connectivity index (χ0n) is 17.6. The van der Waals surface area contributed by atoms with Crippen molar-refractivity contribution in [2.75, 3.05) is 0 Å². The third kappa shape index (κ3) is 5.46. The molecule has 168 valence electrons. The zero-order valence-corrected chi connectivity index (χ0v) is 17.6. The molecule has 1 fully saturated rings. The van der Waals surface area contributed by atoms with E-state index in [9.17, 15) is 23.1 Å². The van der Waals surface area contributed by atoms with Crippen LogP contribution in [0.2, 0.25) is 0 Å². The average Bonchev–Trinajstić information content (AvgIpc) is 2.76. The lowest BCUT2D eigenvalue weighted by Gasteiger charge is -2.31. The summed E-state index contributed by atoms with van der Waals surface area (Å²) in [6.45, 7) is 2.15. The van der Waals surface area contributed by atoms with Gasteiger partial charge >= 0.3 is 5.97 Å². The molecule has 2 nitrogen and oxygen atoms in total. The predicted octanol–water partition coefficient (Wildman–Crippen LogP) is 7.35. The summed E-state index contributed by atoms with van der Waals surface area (Å²) in [7, 11) is 0. The Morgan fingerprint density at radius 1 is 1.10 bits per heavy atom. The molecule has 1 aliphatic rings. The Morgan fingerprint density at radius 3 is 2.32 bits per heavy atom. The molecule has 31 heavy (non-hydrogen) atoms. The molecule has 1 aliphatic carbocycles. The first kappa shape index (κ1) is 23.3. The number of alkyl halides is 1. The second-order valence-electron chi connectivity index (χ2n) is 8.53. The van der Waals surface area contributed by atoms with E-state index in [0.29, 0.717) is 5.92 Å². The van der Waals surface area contributed by atoms with Crippen LogP contribution in [0.15, 0.2) is 30.3 Å². The van der Waals surface area contributed by atoms with Crippen LogP contribution in [-0.4, -0.2) is 17.2 Å². The van der Waals surface area contributed by atoms with E-state index in [1.54, 1.807) is 0 Å². The molecular formula is C25H28F4O2. The van der Waals surface area contributed by atoms with Crippen LogP contribution in [-0.2, 0) is 6.42 Å². The number of halogens is 4. The standard InChI is InChI=1S/C25H28F4O2/c1-2-3-5-15-8-10-16(11-9-15)21(26)14-20-18(6-4-7-19(20)25(30)31)17-12-22(27)24(29)23(28)13-17/h4,6-7,12-13,15-16,21H,2-3,5,8-11,14H2,1H3,(H,30,31)/t15-,16-,21?. The molecule has 1 saturated carbocycles. The molecule has 2 aromatic rings. The normalized spacial score (nSPS) is 19.9. The van der Waals surface area contributed by atoms with E-state index in [1.165, 1.54) is 24.6 Å².